The first kappa shape index (κ1) is 20.2. The number of benzene rings is 2. The fourth-order valence-electron chi connectivity index (χ4n) is 2.87. The van der Waals surface area contributed by atoms with Crippen LogP contribution in [0.2, 0.25) is 5.02 Å². The molecule has 0 aliphatic heterocycles. The van der Waals surface area contributed by atoms with Crippen molar-refractivity contribution in [1.29, 1.82) is 0 Å². The van der Waals surface area contributed by atoms with Gasteiger partial charge in [0.2, 0.25) is 11.8 Å². The summed E-state index contributed by atoms with van der Waals surface area (Å²) in [7, 11) is 0. The van der Waals surface area contributed by atoms with E-state index in [1.54, 1.807) is 29.1 Å². The summed E-state index contributed by atoms with van der Waals surface area (Å²) in [6.45, 7) is 2.61. The number of nitrogens with zero attached hydrogens (tertiary/aromatic N) is 4. The molecule has 0 aliphatic carbocycles. The summed E-state index contributed by atoms with van der Waals surface area (Å²) >= 11 is 7.31. The predicted octanol–water partition coefficient (Wildman–Crippen LogP) is 4.67. The normalized spacial score (nSPS) is 10.9. The van der Waals surface area contributed by atoms with Gasteiger partial charge in [-0.25, -0.2) is 4.68 Å². The number of amides is 1. The number of thioether (sulfide) groups is 1. The van der Waals surface area contributed by atoms with Crippen molar-refractivity contribution < 1.29 is 9.21 Å². The maximum absolute atomic E-state index is 12.4. The Kier molecular flexibility index (Phi) is 6.15. The summed E-state index contributed by atoms with van der Waals surface area (Å²) in [6, 6.07) is 17.1. The Hall–Kier alpha value is -3.10. The molecule has 1 N–H and O–H groups in total. The van der Waals surface area contributed by atoms with Crippen molar-refractivity contribution in [2.24, 2.45) is 0 Å². The van der Waals surface area contributed by atoms with Gasteiger partial charge in [-0.1, -0.05) is 65.3 Å². The largest absolute Gasteiger partial charge is 0.411 e. The van der Waals surface area contributed by atoms with E-state index in [4.69, 9.17) is 16.0 Å². The van der Waals surface area contributed by atoms with Crippen LogP contribution in [-0.4, -0.2) is 31.6 Å². The molecule has 0 radical (unpaired) electrons. The summed E-state index contributed by atoms with van der Waals surface area (Å²) in [5.41, 5.74) is 2.95. The molecule has 7 nitrogen and oxygen atoms in total. The quantitative estimate of drug-likeness (QED) is 0.421. The first-order chi connectivity index (χ1) is 14.6. The van der Waals surface area contributed by atoms with Crippen LogP contribution in [0.3, 0.4) is 0 Å². The van der Waals surface area contributed by atoms with Crippen LogP contribution < -0.4 is 5.32 Å². The third kappa shape index (κ3) is 4.90. The Morgan fingerprint density at radius 3 is 2.87 bits per heavy atom. The van der Waals surface area contributed by atoms with Gasteiger partial charge in [0.25, 0.3) is 5.22 Å². The molecule has 152 valence electrons. The summed E-state index contributed by atoms with van der Waals surface area (Å²) in [5.74, 6) is 0.882. The lowest BCUT2D eigenvalue weighted by Gasteiger charge is -2.09. The maximum atomic E-state index is 12.4. The number of aryl methyl sites for hydroxylation is 1. The van der Waals surface area contributed by atoms with Crippen molar-refractivity contribution in [1.82, 2.24) is 20.0 Å². The molecule has 0 saturated carbocycles. The van der Waals surface area contributed by atoms with E-state index in [0.29, 0.717) is 34.1 Å². The van der Waals surface area contributed by atoms with Crippen LogP contribution in [-0.2, 0) is 11.3 Å². The number of hydrogen-bond acceptors (Lipinski definition) is 6. The molecule has 0 aliphatic rings. The molecule has 9 heteroatoms. The van der Waals surface area contributed by atoms with Gasteiger partial charge in [-0.05, 0) is 24.6 Å². The van der Waals surface area contributed by atoms with Gasteiger partial charge in [0, 0.05) is 6.07 Å². The van der Waals surface area contributed by atoms with Crippen LogP contribution in [0.5, 0.6) is 0 Å². The fraction of sp³-hybridized carbons (Fsp3) is 0.143. The van der Waals surface area contributed by atoms with Crippen LogP contribution in [0.4, 0.5) is 5.82 Å². The minimum absolute atomic E-state index is 0.125. The Labute approximate surface area is 182 Å². The van der Waals surface area contributed by atoms with E-state index < -0.39 is 0 Å². The minimum Gasteiger partial charge on any atom is -0.411 e. The van der Waals surface area contributed by atoms with Gasteiger partial charge in [0.15, 0.2) is 0 Å². The number of carbonyl (C=O) groups excluding carboxylic acids is 1. The van der Waals surface area contributed by atoms with Crippen molar-refractivity contribution in [3.63, 3.8) is 0 Å². The molecule has 0 spiro atoms. The lowest BCUT2D eigenvalue weighted by Crippen LogP contribution is -2.17. The van der Waals surface area contributed by atoms with Gasteiger partial charge in [-0.15, -0.1) is 10.2 Å². The van der Waals surface area contributed by atoms with Crippen LogP contribution in [0.25, 0.3) is 11.5 Å². The summed E-state index contributed by atoms with van der Waals surface area (Å²) in [6.07, 6.45) is 1.66. The van der Waals surface area contributed by atoms with E-state index in [-0.39, 0.29) is 11.7 Å². The van der Waals surface area contributed by atoms with Crippen molar-refractivity contribution in [2.45, 2.75) is 18.7 Å². The average molecular weight is 440 g/mol. The van der Waals surface area contributed by atoms with Crippen molar-refractivity contribution in [3.05, 3.63) is 76.9 Å². The Morgan fingerprint density at radius 1 is 1.17 bits per heavy atom. The third-order valence-electron chi connectivity index (χ3n) is 4.24. The van der Waals surface area contributed by atoms with Gasteiger partial charge in [-0.3, -0.25) is 4.79 Å². The third-order valence-corrected chi connectivity index (χ3v) is 5.38. The van der Waals surface area contributed by atoms with Crippen molar-refractivity contribution in [2.75, 3.05) is 11.1 Å². The van der Waals surface area contributed by atoms with Crippen molar-refractivity contribution >= 4 is 35.1 Å². The number of nitrogens with one attached hydrogen (secondary N) is 1. The van der Waals surface area contributed by atoms with Crippen LogP contribution in [0.1, 0.15) is 11.1 Å². The summed E-state index contributed by atoms with van der Waals surface area (Å²) in [5, 5.41) is 16.0. The Balaban J connectivity index is 1.35. The zero-order chi connectivity index (χ0) is 20.9. The zero-order valence-electron chi connectivity index (χ0n) is 16.1. The molecular formula is C21H18ClN5O2S. The predicted molar refractivity (Wildman–Crippen MR) is 117 cm³/mol. The lowest BCUT2D eigenvalue weighted by molar-refractivity contribution is -0.113. The molecule has 4 aromatic rings. The summed E-state index contributed by atoms with van der Waals surface area (Å²) < 4.78 is 7.36. The molecule has 0 fully saturated rings. The monoisotopic (exact) mass is 439 g/mol. The Morgan fingerprint density at radius 2 is 2.03 bits per heavy atom. The van der Waals surface area contributed by atoms with Crippen molar-refractivity contribution in [3.8, 4) is 11.5 Å². The van der Waals surface area contributed by atoms with Crippen LogP contribution >= 0.6 is 23.4 Å². The number of rotatable bonds is 7. The number of halogens is 1. The molecule has 0 unspecified atom stereocenters. The van der Waals surface area contributed by atoms with E-state index in [1.165, 1.54) is 5.56 Å². The fourth-order valence-corrected chi connectivity index (χ4v) is 3.65. The first-order valence-corrected chi connectivity index (χ1v) is 10.5. The van der Waals surface area contributed by atoms with Gasteiger partial charge in [-0.2, -0.15) is 5.10 Å². The molecule has 0 saturated heterocycles. The second-order valence-electron chi connectivity index (χ2n) is 6.55. The van der Waals surface area contributed by atoms with Gasteiger partial charge >= 0.3 is 0 Å². The second kappa shape index (κ2) is 9.15. The standard InChI is InChI=1S/C21H18ClN5O2S/c1-14-5-4-6-15(11-14)12-27-18(9-10-23-27)24-19(28)13-30-21-26-25-20(29-21)16-7-2-3-8-17(16)22/h2-11H,12-13H2,1H3,(H,24,28). The topological polar surface area (TPSA) is 85.8 Å². The average Bonchev–Trinajstić information content (AvgIpc) is 3.37. The van der Waals surface area contributed by atoms with E-state index in [1.807, 2.05) is 37.3 Å². The molecule has 0 atom stereocenters. The Bertz CT molecular complexity index is 1170. The number of anilines is 1. The van der Waals surface area contributed by atoms with Crippen LogP contribution in [0.15, 0.2) is 70.4 Å². The summed E-state index contributed by atoms with van der Waals surface area (Å²) in [4.78, 5) is 12.4. The molecule has 30 heavy (non-hydrogen) atoms. The molecule has 4 rings (SSSR count). The second-order valence-corrected chi connectivity index (χ2v) is 7.89. The highest BCUT2D eigenvalue weighted by atomic mass is 35.5. The highest BCUT2D eigenvalue weighted by Crippen LogP contribution is 2.28. The van der Waals surface area contributed by atoms with E-state index >= 15 is 0 Å². The zero-order valence-corrected chi connectivity index (χ0v) is 17.7. The molecule has 1 amide bonds. The molecule has 0 bridgehead atoms. The molecule has 2 aromatic heterocycles. The number of hydrogen-bond donors (Lipinski definition) is 1. The maximum Gasteiger partial charge on any atom is 0.277 e. The smallest absolute Gasteiger partial charge is 0.277 e. The van der Waals surface area contributed by atoms with E-state index in [9.17, 15) is 4.79 Å². The minimum atomic E-state index is -0.191. The molecular weight excluding hydrogens is 422 g/mol. The number of aromatic nitrogens is 4. The van der Waals surface area contributed by atoms with E-state index in [0.717, 1.165) is 17.3 Å². The SMILES string of the molecule is Cc1cccc(Cn2nccc2NC(=O)CSc2nnc(-c3ccccc3Cl)o2)c1. The highest BCUT2D eigenvalue weighted by Gasteiger charge is 2.14. The lowest BCUT2D eigenvalue weighted by atomic mass is 10.1. The van der Waals surface area contributed by atoms with Crippen LogP contribution in [0, 0.1) is 6.92 Å². The van der Waals surface area contributed by atoms with E-state index in [2.05, 4.69) is 26.7 Å². The van der Waals surface area contributed by atoms with Gasteiger partial charge in [0.05, 0.1) is 29.1 Å². The van der Waals surface area contributed by atoms with Gasteiger partial charge < -0.3 is 9.73 Å². The highest BCUT2D eigenvalue weighted by molar-refractivity contribution is 7.99. The van der Waals surface area contributed by atoms with Gasteiger partial charge in [0.1, 0.15) is 5.82 Å². The molecule has 2 heterocycles. The first-order valence-electron chi connectivity index (χ1n) is 9.17. The number of carbonyl (C=O) groups is 1. The molecule has 2 aromatic carbocycles.